The van der Waals surface area contributed by atoms with Crippen molar-refractivity contribution in [2.24, 2.45) is 0 Å². The summed E-state index contributed by atoms with van der Waals surface area (Å²) in [5.74, 6) is 1.66. The first-order valence-electron chi connectivity index (χ1n) is 7.57. The topological polar surface area (TPSA) is 47.0 Å². The van der Waals surface area contributed by atoms with E-state index in [-0.39, 0.29) is 0 Å². The molecule has 1 atom stereocenters. The Kier molecular flexibility index (Phi) is 6.54. The van der Waals surface area contributed by atoms with Gasteiger partial charge in [0, 0.05) is 18.0 Å². The van der Waals surface area contributed by atoms with Crippen molar-refractivity contribution >= 4 is 29.2 Å². The summed E-state index contributed by atoms with van der Waals surface area (Å²) in [5.41, 5.74) is 2.07. The number of nitrogens with one attached hydrogen (secondary N) is 1. The standard InChI is InChI=1S/C17H22ClN3OS/c1-5-11(2)19-16-14(15(18)20-17(21-16)23-4)10-12-6-8-13(22-3)9-7-12/h6-9,11H,5,10H2,1-4H3,(H,19,20,21). The molecule has 0 aliphatic heterocycles. The number of methoxy groups -OCH3 is 1. The van der Waals surface area contributed by atoms with E-state index >= 15 is 0 Å². The summed E-state index contributed by atoms with van der Waals surface area (Å²) in [5, 5.41) is 4.63. The summed E-state index contributed by atoms with van der Waals surface area (Å²) in [7, 11) is 1.66. The van der Waals surface area contributed by atoms with E-state index in [0.717, 1.165) is 29.1 Å². The van der Waals surface area contributed by atoms with Crippen LogP contribution in [0.1, 0.15) is 31.4 Å². The van der Waals surface area contributed by atoms with Crippen molar-refractivity contribution in [2.75, 3.05) is 18.7 Å². The molecule has 2 aromatic rings. The van der Waals surface area contributed by atoms with Crippen molar-refractivity contribution in [1.82, 2.24) is 9.97 Å². The Morgan fingerprint density at radius 3 is 2.52 bits per heavy atom. The first-order valence-corrected chi connectivity index (χ1v) is 9.17. The highest BCUT2D eigenvalue weighted by atomic mass is 35.5. The van der Waals surface area contributed by atoms with E-state index in [4.69, 9.17) is 16.3 Å². The average Bonchev–Trinajstić information content (AvgIpc) is 2.57. The molecular formula is C17H22ClN3OS. The second-order valence-electron chi connectivity index (χ2n) is 5.31. The van der Waals surface area contributed by atoms with Gasteiger partial charge in [-0.2, -0.15) is 0 Å². The summed E-state index contributed by atoms with van der Waals surface area (Å²) in [6, 6.07) is 8.28. The monoisotopic (exact) mass is 351 g/mol. The number of thioether (sulfide) groups is 1. The second-order valence-corrected chi connectivity index (χ2v) is 6.44. The van der Waals surface area contributed by atoms with Crippen LogP contribution in [0, 0.1) is 0 Å². The third-order valence-corrected chi connectivity index (χ3v) is 4.51. The van der Waals surface area contributed by atoms with Crippen molar-refractivity contribution < 1.29 is 4.74 Å². The number of halogens is 1. The molecule has 1 aromatic heterocycles. The highest BCUT2D eigenvalue weighted by Crippen LogP contribution is 2.28. The molecule has 0 fully saturated rings. The molecule has 0 aliphatic rings. The van der Waals surface area contributed by atoms with Crippen LogP contribution in [0.15, 0.2) is 29.4 Å². The number of nitrogens with zero attached hydrogens (tertiary/aromatic N) is 2. The Morgan fingerprint density at radius 2 is 1.96 bits per heavy atom. The summed E-state index contributed by atoms with van der Waals surface area (Å²) in [6.45, 7) is 4.27. The lowest BCUT2D eigenvalue weighted by Gasteiger charge is -2.17. The average molecular weight is 352 g/mol. The van der Waals surface area contributed by atoms with E-state index in [2.05, 4.69) is 29.1 Å². The molecule has 0 spiro atoms. The van der Waals surface area contributed by atoms with Gasteiger partial charge in [0.25, 0.3) is 0 Å². The van der Waals surface area contributed by atoms with Crippen LogP contribution in [0.2, 0.25) is 5.15 Å². The third kappa shape index (κ3) is 4.75. The number of benzene rings is 1. The lowest BCUT2D eigenvalue weighted by atomic mass is 10.1. The van der Waals surface area contributed by atoms with Gasteiger partial charge in [-0.1, -0.05) is 42.4 Å². The Balaban J connectivity index is 2.34. The van der Waals surface area contributed by atoms with E-state index in [0.29, 0.717) is 22.8 Å². The molecule has 0 amide bonds. The summed E-state index contributed by atoms with van der Waals surface area (Å²) in [6.07, 6.45) is 3.64. The molecule has 0 radical (unpaired) electrons. The van der Waals surface area contributed by atoms with Gasteiger partial charge < -0.3 is 10.1 Å². The zero-order chi connectivity index (χ0) is 16.8. The van der Waals surface area contributed by atoms with Gasteiger partial charge in [-0.15, -0.1) is 0 Å². The minimum absolute atomic E-state index is 0.324. The van der Waals surface area contributed by atoms with E-state index in [9.17, 15) is 0 Å². The second kappa shape index (κ2) is 8.41. The zero-order valence-electron chi connectivity index (χ0n) is 13.9. The lowest BCUT2D eigenvalue weighted by Crippen LogP contribution is -2.17. The van der Waals surface area contributed by atoms with Gasteiger partial charge >= 0.3 is 0 Å². The minimum Gasteiger partial charge on any atom is -0.497 e. The van der Waals surface area contributed by atoms with Gasteiger partial charge in [0.2, 0.25) is 0 Å². The molecule has 0 aliphatic carbocycles. The first kappa shape index (κ1) is 17.9. The fraction of sp³-hybridized carbons (Fsp3) is 0.412. The van der Waals surface area contributed by atoms with E-state index in [1.165, 1.54) is 11.8 Å². The summed E-state index contributed by atoms with van der Waals surface area (Å²) >= 11 is 7.91. The van der Waals surface area contributed by atoms with Crippen molar-refractivity contribution in [3.05, 3.63) is 40.5 Å². The quantitative estimate of drug-likeness (QED) is 0.446. The maximum atomic E-state index is 6.42. The predicted octanol–water partition coefficient (Wildman–Crippen LogP) is 4.66. The highest BCUT2D eigenvalue weighted by molar-refractivity contribution is 7.98. The van der Waals surface area contributed by atoms with Crippen LogP contribution in [-0.2, 0) is 6.42 Å². The van der Waals surface area contributed by atoms with Gasteiger partial charge in [-0.25, -0.2) is 9.97 Å². The van der Waals surface area contributed by atoms with Crippen LogP contribution in [0.3, 0.4) is 0 Å². The van der Waals surface area contributed by atoms with Crippen LogP contribution < -0.4 is 10.1 Å². The number of rotatable bonds is 7. The Hall–Kier alpha value is -1.46. The Morgan fingerprint density at radius 1 is 1.26 bits per heavy atom. The SMILES string of the molecule is CCC(C)Nc1nc(SC)nc(Cl)c1Cc1ccc(OC)cc1. The molecule has 4 nitrogen and oxygen atoms in total. The summed E-state index contributed by atoms with van der Waals surface area (Å²) < 4.78 is 5.20. The minimum atomic E-state index is 0.324. The maximum absolute atomic E-state index is 6.42. The fourth-order valence-electron chi connectivity index (χ4n) is 2.09. The number of anilines is 1. The molecule has 2 rings (SSSR count). The normalized spacial score (nSPS) is 12.0. The number of ether oxygens (including phenoxy) is 1. The van der Waals surface area contributed by atoms with Crippen LogP contribution in [-0.4, -0.2) is 29.4 Å². The van der Waals surface area contributed by atoms with Gasteiger partial charge in [-0.05, 0) is 37.3 Å². The molecule has 1 heterocycles. The maximum Gasteiger partial charge on any atom is 0.190 e. The Bertz CT molecular complexity index is 649. The molecule has 23 heavy (non-hydrogen) atoms. The lowest BCUT2D eigenvalue weighted by molar-refractivity contribution is 0.414. The summed E-state index contributed by atoms with van der Waals surface area (Å²) in [4.78, 5) is 8.97. The smallest absolute Gasteiger partial charge is 0.190 e. The van der Waals surface area contributed by atoms with Crippen LogP contribution in [0.4, 0.5) is 5.82 Å². The van der Waals surface area contributed by atoms with Crippen LogP contribution in [0.5, 0.6) is 5.75 Å². The van der Waals surface area contributed by atoms with Crippen molar-refractivity contribution in [3.63, 3.8) is 0 Å². The number of hydrogen-bond acceptors (Lipinski definition) is 5. The van der Waals surface area contributed by atoms with E-state index in [1.54, 1.807) is 7.11 Å². The van der Waals surface area contributed by atoms with Crippen LogP contribution in [0.25, 0.3) is 0 Å². The number of hydrogen-bond donors (Lipinski definition) is 1. The van der Waals surface area contributed by atoms with Crippen molar-refractivity contribution in [3.8, 4) is 5.75 Å². The van der Waals surface area contributed by atoms with Gasteiger partial charge in [0.1, 0.15) is 16.7 Å². The molecule has 1 aromatic carbocycles. The van der Waals surface area contributed by atoms with E-state index in [1.807, 2.05) is 30.5 Å². The van der Waals surface area contributed by atoms with Crippen LogP contribution >= 0.6 is 23.4 Å². The Labute approximate surface area is 147 Å². The molecule has 0 bridgehead atoms. The molecule has 0 saturated carbocycles. The molecule has 1 N–H and O–H groups in total. The fourth-order valence-corrected chi connectivity index (χ4v) is 2.74. The number of aromatic nitrogens is 2. The third-order valence-electron chi connectivity index (χ3n) is 3.65. The van der Waals surface area contributed by atoms with Gasteiger partial charge in [0.05, 0.1) is 7.11 Å². The highest BCUT2D eigenvalue weighted by Gasteiger charge is 2.15. The predicted molar refractivity (Wildman–Crippen MR) is 98.0 cm³/mol. The van der Waals surface area contributed by atoms with Crippen molar-refractivity contribution in [1.29, 1.82) is 0 Å². The molecule has 0 saturated heterocycles. The van der Waals surface area contributed by atoms with Gasteiger partial charge in [-0.3, -0.25) is 0 Å². The van der Waals surface area contributed by atoms with Gasteiger partial charge in [0.15, 0.2) is 5.16 Å². The van der Waals surface area contributed by atoms with E-state index < -0.39 is 0 Å². The molecule has 1 unspecified atom stereocenters. The zero-order valence-corrected chi connectivity index (χ0v) is 15.5. The van der Waals surface area contributed by atoms with Crippen molar-refractivity contribution in [2.45, 2.75) is 37.9 Å². The molecule has 6 heteroatoms. The first-order chi connectivity index (χ1) is 11.1. The molecule has 124 valence electrons. The largest absolute Gasteiger partial charge is 0.497 e. The molecular weight excluding hydrogens is 330 g/mol.